The molecule has 0 unspecified atom stereocenters. The van der Waals surface area contributed by atoms with Crippen LogP contribution in [0.3, 0.4) is 0 Å². The molecule has 23 heavy (non-hydrogen) atoms. The Morgan fingerprint density at radius 3 is 3.00 bits per heavy atom. The van der Waals surface area contributed by atoms with Gasteiger partial charge in [-0.05, 0) is 43.9 Å². The van der Waals surface area contributed by atoms with Crippen LogP contribution in [0.4, 0.5) is 5.69 Å². The molecule has 2 aromatic rings. The predicted molar refractivity (Wildman–Crippen MR) is 85.0 cm³/mol. The standard InChI is InChI=1S/C17H19N3O3/c21-15(10-20-8-2-1-3-16(20)22)18-12-6-7-14-13(9-12)19-17(23-14)11-4-5-11/h6-7,9,11H,1-5,8,10H2,(H,18,21). The molecule has 2 heterocycles. The van der Waals surface area contributed by atoms with E-state index in [1.165, 1.54) is 0 Å². The van der Waals surface area contributed by atoms with Crippen molar-refractivity contribution in [3.63, 3.8) is 0 Å². The highest BCUT2D eigenvalue weighted by Crippen LogP contribution is 2.40. The van der Waals surface area contributed by atoms with E-state index in [1.807, 2.05) is 12.1 Å². The molecule has 1 N–H and O–H groups in total. The van der Waals surface area contributed by atoms with E-state index in [1.54, 1.807) is 11.0 Å². The van der Waals surface area contributed by atoms with Gasteiger partial charge in [-0.15, -0.1) is 0 Å². The van der Waals surface area contributed by atoms with Crippen LogP contribution in [0.1, 0.15) is 43.9 Å². The molecule has 2 aliphatic rings. The smallest absolute Gasteiger partial charge is 0.243 e. The second-order valence-electron chi connectivity index (χ2n) is 6.33. The van der Waals surface area contributed by atoms with Crippen LogP contribution in [0, 0.1) is 0 Å². The summed E-state index contributed by atoms with van der Waals surface area (Å²) in [7, 11) is 0. The molecule has 4 rings (SSSR count). The predicted octanol–water partition coefficient (Wildman–Crippen LogP) is 2.66. The van der Waals surface area contributed by atoms with Crippen LogP contribution < -0.4 is 5.32 Å². The summed E-state index contributed by atoms with van der Waals surface area (Å²) in [4.78, 5) is 30.0. The number of fused-ring (bicyclic) bond motifs is 1. The molecule has 2 amide bonds. The molecule has 6 nitrogen and oxygen atoms in total. The summed E-state index contributed by atoms with van der Waals surface area (Å²) >= 11 is 0. The van der Waals surface area contributed by atoms with Crippen LogP contribution >= 0.6 is 0 Å². The number of amides is 2. The molecule has 1 aliphatic heterocycles. The second-order valence-corrected chi connectivity index (χ2v) is 6.33. The molecule has 1 saturated heterocycles. The molecule has 0 spiro atoms. The molecule has 1 aromatic heterocycles. The number of carbonyl (C=O) groups is 2. The number of carbonyl (C=O) groups excluding carboxylic acids is 2. The Bertz CT molecular complexity index is 764. The number of aromatic nitrogens is 1. The number of oxazole rings is 1. The van der Waals surface area contributed by atoms with Gasteiger partial charge in [-0.1, -0.05) is 0 Å². The second kappa shape index (κ2) is 5.68. The van der Waals surface area contributed by atoms with Gasteiger partial charge >= 0.3 is 0 Å². The molecule has 0 radical (unpaired) electrons. The molecular weight excluding hydrogens is 294 g/mol. The molecule has 6 heteroatoms. The number of hydrogen-bond acceptors (Lipinski definition) is 4. The zero-order chi connectivity index (χ0) is 15.8. The Kier molecular flexibility index (Phi) is 3.52. The van der Waals surface area contributed by atoms with Crippen molar-refractivity contribution in [3.05, 3.63) is 24.1 Å². The fourth-order valence-electron chi connectivity index (χ4n) is 2.93. The minimum atomic E-state index is -0.175. The normalized spacial score (nSPS) is 18.4. The first-order chi connectivity index (χ1) is 11.2. The lowest BCUT2D eigenvalue weighted by Crippen LogP contribution is -2.40. The Morgan fingerprint density at radius 1 is 1.35 bits per heavy atom. The van der Waals surface area contributed by atoms with Gasteiger partial charge in [0.2, 0.25) is 11.8 Å². The minimum absolute atomic E-state index is 0.0624. The third-order valence-corrected chi connectivity index (χ3v) is 4.37. The van der Waals surface area contributed by atoms with Crippen LogP contribution in [-0.4, -0.2) is 34.8 Å². The molecule has 0 atom stereocenters. The zero-order valence-corrected chi connectivity index (χ0v) is 12.9. The lowest BCUT2D eigenvalue weighted by atomic mass is 10.1. The van der Waals surface area contributed by atoms with E-state index in [-0.39, 0.29) is 18.4 Å². The van der Waals surface area contributed by atoms with Gasteiger partial charge in [0.05, 0.1) is 6.54 Å². The summed E-state index contributed by atoms with van der Waals surface area (Å²) in [5.41, 5.74) is 2.19. The largest absolute Gasteiger partial charge is 0.440 e. The SMILES string of the molecule is O=C(CN1CCCCC1=O)Nc1ccc2oc(C3CC3)nc2c1. The van der Waals surface area contributed by atoms with Crippen LogP contribution in [-0.2, 0) is 9.59 Å². The average molecular weight is 313 g/mol. The lowest BCUT2D eigenvalue weighted by molar-refractivity contribution is -0.136. The Morgan fingerprint density at radius 2 is 2.22 bits per heavy atom. The number of hydrogen-bond donors (Lipinski definition) is 1. The van der Waals surface area contributed by atoms with E-state index in [2.05, 4.69) is 10.3 Å². The van der Waals surface area contributed by atoms with Gasteiger partial charge in [0.1, 0.15) is 5.52 Å². The number of likely N-dealkylation sites (tertiary alicyclic amines) is 1. The van der Waals surface area contributed by atoms with Crippen LogP contribution in [0.5, 0.6) is 0 Å². The lowest BCUT2D eigenvalue weighted by Gasteiger charge is -2.25. The van der Waals surface area contributed by atoms with Gasteiger partial charge < -0.3 is 14.6 Å². The van der Waals surface area contributed by atoms with E-state index in [9.17, 15) is 9.59 Å². The van der Waals surface area contributed by atoms with E-state index in [0.717, 1.165) is 42.7 Å². The van der Waals surface area contributed by atoms with Crippen molar-refractivity contribution in [1.82, 2.24) is 9.88 Å². The van der Waals surface area contributed by atoms with Gasteiger partial charge in [-0.2, -0.15) is 0 Å². The summed E-state index contributed by atoms with van der Waals surface area (Å²) in [6.07, 6.45) is 4.71. The van der Waals surface area contributed by atoms with E-state index in [4.69, 9.17) is 4.42 Å². The highest BCUT2D eigenvalue weighted by atomic mass is 16.3. The quantitative estimate of drug-likeness (QED) is 0.941. The van der Waals surface area contributed by atoms with E-state index >= 15 is 0 Å². The van der Waals surface area contributed by atoms with E-state index in [0.29, 0.717) is 24.6 Å². The molecule has 1 saturated carbocycles. The molecule has 1 aliphatic carbocycles. The first kappa shape index (κ1) is 14.2. The Hall–Kier alpha value is -2.37. The summed E-state index contributed by atoms with van der Waals surface area (Å²) in [6.45, 7) is 0.780. The Labute approximate surface area is 133 Å². The third-order valence-electron chi connectivity index (χ3n) is 4.37. The van der Waals surface area contributed by atoms with Crippen molar-refractivity contribution < 1.29 is 14.0 Å². The maximum absolute atomic E-state index is 12.1. The summed E-state index contributed by atoms with van der Waals surface area (Å²) in [6, 6.07) is 5.45. The molecule has 2 fully saturated rings. The minimum Gasteiger partial charge on any atom is -0.440 e. The van der Waals surface area contributed by atoms with E-state index < -0.39 is 0 Å². The van der Waals surface area contributed by atoms with Gasteiger partial charge in [0, 0.05) is 24.6 Å². The first-order valence-corrected chi connectivity index (χ1v) is 8.17. The molecule has 0 bridgehead atoms. The third kappa shape index (κ3) is 3.06. The maximum Gasteiger partial charge on any atom is 0.243 e. The van der Waals surface area contributed by atoms with Crippen molar-refractivity contribution in [1.29, 1.82) is 0 Å². The number of piperidine rings is 1. The number of nitrogens with zero attached hydrogens (tertiary/aromatic N) is 2. The molecular formula is C17H19N3O3. The van der Waals surface area contributed by atoms with Crippen molar-refractivity contribution in [2.45, 2.75) is 38.0 Å². The average Bonchev–Trinajstić information content (AvgIpc) is 3.29. The summed E-state index contributed by atoms with van der Waals surface area (Å²) in [5.74, 6) is 1.14. The summed E-state index contributed by atoms with van der Waals surface area (Å²) < 4.78 is 5.71. The van der Waals surface area contributed by atoms with Crippen molar-refractivity contribution in [2.75, 3.05) is 18.4 Å². The van der Waals surface area contributed by atoms with Gasteiger partial charge in [0.25, 0.3) is 0 Å². The van der Waals surface area contributed by atoms with Gasteiger partial charge in [0.15, 0.2) is 11.5 Å². The fourth-order valence-corrected chi connectivity index (χ4v) is 2.93. The summed E-state index contributed by atoms with van der Waals surface area (Å²) in [5, 5.41) is 2.84. The topological polar surface area (TPSA) is 75.4 Å². The maximum atomic E-state index is 12.1. The number of rotatable bonds is 4. The van der Waals surface area contributed by atoms with Crippen LogP contribution in [0.25, 0.3) is 11.1 Å². The van der Waals surface area contributed by atoms with Crippen LogP contribution in [0.15, 0.2) is 22.6 Å². The zero-order valence-electron chi connectivity index (χ0n) is 12.9. The Balaban J connectivity index is 1.44. The van der Waals surface area contributed by atoms with Crippen LogP contribution in [0.2, 0.25) is 0 Å². The van der Waals surface area contributed by atoms with Crippen molar-refractivity contribution >= 4 is 28.6 Å². The van der Waals surface area contributed by atoms with Gasteiger partial charge in [-0.25, -0.2) is 4.98 Å². The van der Waals surface area contributed by atoms with Crippen molar-refractivity contribution in [3.8, 4) is 0 Å². The molecule has 1 aromatic carbocycles. The molecule has 120 valence electrons. The first-order valence-electron chi connectivity index (χ1n) is 8.17. The number of anilines is 1. The van der Waals surface area contributed by atoms with Crippen molar-refractivity contribution in [2.24, 2.45) is 0 Å². The monoisotopic (exact) mass is 313 g/mol. The highest BCUT2D eigenvalue weighted by Gasteiger charge is 2.29. The van der Waals surface area contributed by atoms with Gasteiger partial charge in [-0.3, -0.25) is 9.59 Å². The number of nitrogens with one attached hydrogen (secondary N) is 1. The highest BCUT2D eigenvalue weighted by molar-refractivity contribution is 5.96. The fraction of sp³-hybridized carbons (Fsp3) is 0.471. The number of benzene rings is 1.